The smallest absolute Gasteiger partial charge is 0.339 e. The van der Waals surface area contributed by atoms with Gasteiger partial charge in [-0.25, -0.2) is 4.79 Å². The van der Waals surface area contributed by atoms with Crippen LogP contribution in [0.5, 0.6) is 0 Å². The third-order valence-electron chi connectivity index (χ3n) is 4.99. The molecule has 6 heteroatoms. The van der Waals surface area contributed by atoms with E-state index in [9.17, 15) is 9.59 Å². The van der Waals surface area contributed by atoms with Crippen LogP contribution in [-0.2, 0) is 9.53 Å². The maximum Gasteiger partial charge on any atom is 0.339 e. The fraction of sp³-hybridized carbons (Fsp3) is 0.364. The minimum atomic E-state index is -0.491. The molecule has 148 valence electrons. The molecule has 1 aliphatic heterocycles. The highest BCUT2D eigenvalue weighted by atomic mass is 35.5. The second kappa shape index (κ2) is 9.11. The number of aryl methyl sites for hydroxylation is 1. The van der Waals surface area contributed by atoms with E-state index >= 15 is 0 Å². The number of halogens is 1. The molecule has 0 spiro atoms. The fourth-order valence-corrected chi connectivity index (χ4v) is 3.56. The lowest BCUT2D eigenvalue weighted by Gasteiger charge is -2.33. The molecule has 0 aromatic heterocycles. The molecule has 0 atom stereocenters. The minimum Gasteiger partial charge on any atom is -0.462 e. The van der Waals surface area contributed by atoms with Crippen molar-refractivity contribution < 1.29 is 14.3 Å². The summed E-state index contributed by atoms with van der Waals surface area (Å²) in [7, 11) is 0. The number of hydrogen-bond acceptors (Lipinski definition) is 4. The van der Waals surface area contributed by atoms with Crippen LogP contribution in [0.4, 0.5) is 11.4 Å². The SMILES string of the molecule is CCOC(=O)c1cc(NC(=O)C2CCN(c3ccc(C)cc3)CC2)ccc1Cl. The number of hydrogen-bond donors (Lipinski definition) is 1. The zero-order valence-corrected chi connectivity index (χ0v) is 17.0. The Hall–Kier alpha value is -2.53. The summed E-state index contributed by atoms with van der Waals surface area (Å²) in [5.74, 6) is -0.570. The zero-order chi connectivity index (χ0) is 20.1. The van der Waals surface area contributed by atoms with Gasteiger partial charge in [-0.15, -0.1) is 0 Å². The van der Waals surface area contributed by atoms with Gasteiger partial charge >= 0.3 is 5.97 Å². The number of carbonyl (C=O) groups excluding carboxylic acids is 2. The van der Waals surface area contributed by atoms with E-state index < -0.39 is 5.97 Å². The average Bonchev–Trinajstić information content (AvgIpc) is 2.70. The van der Waals surface area contributed by atoms with Gasteiger partial charge in [-0.05, 0) is 57.0 Å². The first-order valence-corrected chi connectivity index (χ1v) is 9.95. The zero-order valence-electron chi connectivity index (χ0n) is 16.2. The van der Waals surface area contributed by atoms with Crippen molar-refractivity contribution >= 4 is 34.9 Å². The first-order valence-electron chi connectivity index (χ1n) is 9.57. The van der Waals surface area contributed by atoms with Crippen LogP contribution in [0.3, 0.4) is 0 Å². The van der Waals surface area contributed by atoms with Gasteiger partial charge in [-0.2, -0.15) is 0 Å². The van der Waals surface area contributed by atoms with Crippen LogP contribution in [0.2, 0.25) is 5.02 Å². The number of esters is 1. The summed E-state index contributed by atoms with van der Waals surface area (Å²) in [5, 5.41) is 3.22. The molecule has 0 saturated carbocycles. The van der Waals surface area contributed by atoms with Crippen molar-refractivity contribution in [2.24, 2.45) is 5.92 Å². The molecule has 0 radical (unpaired) electrons. The first-order chi connectivity index (χ1) is 13.5. The van der Waals surface area contributed by atoms with E-state index in [1.165, 1.54) is 11.3 Å². The van der Waals surface area contributed by atoms with Gasteiger partial charge in [0, 0.05) is 30.4 Å². The second-order valence-electron chi connectivity index (χ2n) is 7.00. The molecule has 0 bridgehead atoms. The van der Waals surface area contributed by atoms with Crippen molar-refractivity contribution in [3.05, 3.63) is 58.6 Å². The molecule has 1 amide bonds. The summed E-state index contributed by atoms with van der Waals surface area (Å²) in [4.78, 5) is 27.0. The number of carbonyl (C=O) groups is 2. The Labute approximate surface area is 170 Å². The maximum atomic E-state index is 12.7. The van der Waals surface area contributed by atoms with E-state index in [4.69, 9.17) is 16.3 Å². The molecule has 1 N–H and O–H groups in total. The van der Waals surface area contributed by atoms with Crippen LogP contribution < -0.4 is 10.2 Å². The van der Waals surface area contributed by atoms with E-state index in [1.54, 1.807) is 25.1 Å². The molecule has 0 unspecified atom stereocenters. The Morgan fingerprint density at radius 2 is 1.82 bits per heavy atom. The van der Waals surface area contributed by atoms with Crippen molar-refractivity contribution in [3.8, 4) is 0 Å². The highest BCUT2D eigenvalue weighted by Crippen LogP contribution is 2.26. The third-order valence-corrected chi connectivity index (χ3v) is 5.32. The van der Waals surface area contributed by atoms with Crippen LogP contribution in [-0.4, -0.2) is 31.6 Å². The van der Waals surface area contributed by atoms with E-state index in [1.807, 2.05) is 0 Å². The average molecular weight is 401 g/mol. The summed E-state index contributed by atoms with van der Waals surface area (Å²) in [6.45, 7) is 5.77. The van der Waals surface area contributed by atoms with Gasteiger partial charge in [0.2, 0.25) is 5.91 Å². The largest absolute Gasteiger partial charge is 0.462 e. The molecule has 5 nitrogen and oxygen atoms in total. The third kappa shape index (κ3) is 4.84. The lowest BCUT2D eigenvalue weighted by Crippen LogP contribution is -2.38. The van der Waals surface area contributed by atoms with Crippen LogP contribution in [0, 0.1) is 12.8 Å². The van der Waals surface area contributed by atoms with Gasteiger partial charge in [-0.3, -0.25) is 4.79 Å². The van der Waals surface area contributed by atoms with Crippen molar-refractivity contribution in [1.82, 2.24) is 0 Å². The molecular weight excluding hydrogens is 376 g/mol. The van der Waals surface area contributed by atoms with E-state index in [0.717, 1.165) is 25.9 Å². The molecule has 0 aliphatic carbocycles. The predicted molar refractivity (Wildman–Crippen MR) is 112 cm³/mol. The quantitative estimate of drug-likeness (QED) is 0.740. The molecule has 1 fully saturated rings. The van der Waals surface area contributed by atoms with Gasteiger partial charge in [0.05, 0.1) is 17.2 Å². The summed E-state index contributed by atoms with van der Waals surface area (Å²) >= 11 is 6.08. The first kappa shape index (κ1) is 20.2. The van der Waals surface area contributed by atoms with Crippen LogP contribution in [0.25, 0.3) is 0 Å². The monoisotopic (exact) mass is 400 g/mol. The summed E-state index contributed by atoms with van der Waals surface area (Å²) < 4.78 is 5.00. The van der Waals surface area contributed by atoms with Crippen LogP contribution in [0.15, 0.2) is 42.5 Å². The molecule has 1 heterocycles. The molecule has 2 aromatic rings. The Morgan fingerprint density at radius 3 is 2.46 bits per heavy atom. The highest BCUT2D eigenvalue weighted by Gasteiger charge is 2.25. The second-order valence-corrected chi connectivity index (χ2v) is 7.41. The number of benzene rings is 2. The van der Waals surface area contributed by atoms with Crippen LogP contribution >= 0.6 is 11.6 Å². The van der Waals surface area contributed by atoms with Crippen molar-refractivity contribution in [2.45, 2.75) is 26.7 Å². The van der Waals surface area contributed by atoms with Gasteiger partial charge in [0.15, 0.2) is 0 Å². The molecular formula is C22H25ClN2O3. The minimum absolute atomic E-state index is 0.0271. The van der Waals surface area contributed by atoms with Gasteiger partial charge in [0.25, 0.3) is 0 Å². The predicted octanol–water partition coefficient (Wildman–Crippen LogP) is 4.68. The Morgan fingerprint density at radius 1 is 1.14 bits per heavy atom. The van der Waals surface area contributed by atoms with Crippen molar-refractivity contribution in [3.63, 3.8) is 0 Å². The number of piperidine rings is 1. The normalized spacial score (nSPS) is 14.6. The number of rotatable bonds is 5. The van der Waals surface area contributed by atoms with E-state index in [-0.39, 0.29) is 24.0 Å². The molecule has 2 aromatic carbocycles. The summed E-state index contributed by atoms with van der Waals surface area (Å²) in [5.41, 5.74) is 3.25. The Bertz CT molecular complexity index is 843. The Kier molecular flexibility index (Phi) is 6.57. The van der Waals surface area contributed by atoms with Gasteiger partial charge in [0.1, 0.15) is 0 Å². The van der Waals surface area contributed by atoms with Crippen molar-refractivity contribution in [1.29, 1.82) is 0 Å². The maximum absolute atomic E-state index is 12.7. The topological polar surface area (TPSA) is 58.6 Å². The van der Waals surface area contributed by atoms with Gasteiger partial charge in [-0.1, -0.05) is 29.3 Å². The highest BCUT2D eigenvalue weighted by molar-refractivity contribution is 6.33. The van der Waals surface area contributed by atoms with E-state index in [0.29, 0.717) is 10.7 Å². The summed E-state index contributed by atoms with van der Waals surface area (Å²) in [6.07, 6.45) is 1.58. The lowest BCUT2D eigenvalue weighted by molar-refractivity contribution is -0.120. The molecule has 1 saturated heterocycles. The molecule has 3 rings (SSSR count). The molecule has 1 aliphatic rings. The number of ether oxygens (including phenoxy) is 1. The number of nitrogens with zero attached hydrogens (tertiary/aromatic N) is 1. The van der Waals surface area contributed by atoms with Crippen molar-refractivity contribution in [2.75, 3.05) is 29.9 Å². The number of nitrogens with one attached hydrogen (secondary N) is 1. The van der Waals surface area contributed by atoms with Gasteiger partial charge < -0.3 is 15.0 Å². The Balaban J connectivity index is 1.59. The summed E-state index contributed by atoms with van der Waals surface area (Å²) in [6, 6.07) is 13.3. The number of anilines is 2. The fourth-order valence-electron chi connectivity index (χ4n) is 3.37. The van der Waals surface area contributed by atoms with Crippen LogP contribution in [0.1, 0.15) is 35.7 Å². The standard InChI is InChI=1S/C22H25ClN2O3/c1-3-28-22(27)19-14-17(6-9-20(19)23)24-21(26)16-10-12-25(13-11-16)18-7-4-15(2)5-8-18/h4-9,14,16H,3,10-13H2,1-2H3,(H,24,26). The lowest BCUT2D eigenvalue weighted by atomic mass is 9.95. The van der Waals surface area contributed by atoms with E-state index in [2.05, 4.69) is 41.4 Å². The molecule has 28 heavy (non-hydrogen) atoms. The number of amides is 1.